The van der Waals surface area contributed by atoms with Crippen LogP contribution >= 0.6 is 11.3 Å². The molecule has 0 aliphatic carbocycles. The molecule has 0 atom stereocenters. The summed E-state index contributed by atoms with van der Waals surface area (Å²) < 4.78 is 2.19. The highest BCUT2D eigenvalue weighted by Gasteiger charge is 2.15. The first kappa shape index (κ1) is 12.4. The molecule has 2 N–H and O–H groups in total. The Labute approximate surface area is 116 Å². The van der Waals surface area contributed by atoms with Crippen molar-refractivity contribution in [3.63, 3.8) is 0 Å². The smallest absolute Gasteiger partial charge is 0.194 e. The Balaban J connectivity index is 2.30. The lowest BCUT2D eigenvalue weighted by Gasteiger charge is -2.08. The first-order valence-corrected chi connectivity index (χ1v) is 7.23. The van der Waals surface area contributed by atoms with E-state index in [0.717, 1.165) is 16.3 Å². The molecule has 0 bridgehead atoms. The van der Waals surface area contributed by atoms with Crippen molar-refractivity contribution in [2.75, 3.05) is 0 Å². The fraction of sp³-hybridized carbons (Fsp3) is 0.267. The number of thiazole rings is 1. The van der Waals surface area contributed by atoms with E-state index >= 15 is 0 Å². The molecule has 3 rings (SSSR count). The zero-order valence-corrected chi connectivity index (χ0v) is 12.2. The minimum Gasteiger partial charge on any atom is -0.325 e. The van der Waals surface area contributed by atoms with Gasteiger partial charge in [0.2, 0.25) is 0 Å². The molecule has 1 aromatic carbocycles. The second-order valence-electron chi connectivity index (χ2n) is 4.91. The fourth-order valence-electron chi connectivity index (χ4n) is 2.55. The van der Waals surface area contributed by atoms with Crippen molar-refractivity contribution in [1.82, 2.24) is 9.38 Å². The molecule has 4 heteroatoms. The number of rotatable bonds is 2. The van der Waals surface area contributed by atoms with Crippen molar-refractivity contribution in [2.24, 2.45) is 5.73 Å². The van der Waals surface area contributed by atoms with Gasteiger partial charge >= 0.3 is 0 Å². The number of nitrogens with two attached hydrogens (primary N) is 1. The van der Waals surface area contributed by atoms with E-state index in [2.05, 4.69) is 46.8 Å². The van der Waals surface area contributed by atoms with Crippen LogP contribution in [0, 0.1) is 20.8 Å². The maximum absolute atomic E-state index is 5.87. The quantitative estimate of drug-likeness (QED) is 0.776. The lowest BCUT2D eigenvalue weighted by molar-refractivity contribution is 0.952. The van der Waals surface area contributed by atoms with Gasteiger partial charge < -0.3 is 5.73 Å². The summed E-state index contributed by atoms with van der Waals surface area (Å²) in [6, 6.07) is 6.55. The third kappa shape index (κ3) is 1.88. The Morgan fingerprint density at radius 3 is 2.74 bits per heavy atom. The third-order valence-corrected chi connectivity index (χ3v) is 4.34. The monoisotopic (exact) mass is 271 g/mol. The summed E-state index contributed by atoms with van der Waals surface area (Å²) in [7, 11) is 0. The lowest BCUT2D eigenvalue weighted by Crippen LogP contribution is -2.03. The molecule has 0 amide bonds. The summed E-state index contributed by atoms with van der Waals surface area (Å²) >= 11 is 1.67. The van der Waals surface area contributed by atoms with Crippen LogP contribution in [-0.2, 0) is 6.54 Å². The minimum atomic E-state index is 0.516. The van der Waals surface area contributed by atoms with Gasteiger partial charge in [-0.15, -0.1) is 11.3 Å². The van der Waals surface area contributed by atoms with Gasteiger partial charge in [0.1, 0.15) is 0 Å². The van der Waals surface area contributed by atoms with Crippen LogP contribution in [-0.4, -0.2) is 9.38 Å². The lowest BCUT2D eigenvalue weighted by atomic mass is 10.0. The van der Waals surface area contributed by atoms with Crippen molar-refractivity contribution in [1.29, 1.82) is 0 Å². The number of hydrogen-bond acceptors (Lipinski definition) is 3. The molecule has 0 saturated carbocycles. The molecule has 0 aliphatic heterocycles. The number of aryl methyl sites for hydroxylation is 3. The SMILES string of the molecule is Cc1ccc(-c2csc3nc(C)c(CN)n23)c(C)c1. The van der Waals surface area contributed by atoms with Gasteiger partial charge in [0.15, 0.2) is 4.96 Å². The summed E-state index contributed by atoms with van der Waals surface area (Å²) in [5, 5.41) is 2.17. The summed E-state index contributed by atoms with van der Waals surface area (Å²) in [5.74, 6) is 0. The predicted octanol–water partition coefficient (Wildman–Crippen LogP) is 3.45. The second-order valence-corrected chi connectivity index (χ2v) is 5.74. The summed E-state index contributed by atoms with van der Waals surface area (Å²) in [6.07, 6.45) is 0. The Morgan fingerprint density at radius 2 is 2.05 bits per heavy atom. The molecule has 0 unspecified atom stereocenters. The highest BCUT2D eigenvalue weighted by Crippen LogP contribution is 2.31. The molecule has 0 radical (unpaired) electrons. The average molecular weight is 271 g/mol. The van der Waals surface area contributed by atoms with Crippen molar-refractivity contribution >= 4 is 16.3 Å². The Kier molecular flexibility index (Phi) is 2.92. The van der Waals surface area contributed by atoms with E-state index in [1.165, 1.54) is 22.4 Å². The molecule has 0 spiro atoms. The highest BCUT2D eigenvalue weighted by atomic mass is 32.1. The van der Waals surface area contributed by atoms with Crippen LogP contribution in [0.3, 0.4) is 0 Å². The molecule has 0 aliphatic rings. The third-order valence-electron chi connectivity index (χ3n) is 3.51. The molecule has 0 fully saturated rings. The predicted molar refractivity (Wildman–Crippen MR) is 80.6 cm³/mol. The largest absolute Gasteiger partial charge is 0.325 e. The van der Waals surface area contributed by atoms with Gasteiger partial charge in [0.25, 0.3) is 0 Å². The minimum absolute atomic E-state index is 0.516. The molecular formula is C15H17N3S. The second kappa shape index (κ2) is 4.47. The van der Waals surface area contributed by atoms with Crippen molar-refractivity contribution in [3.05, 3.63) is 46.1 Å². The van der Waals surface area contributed by atoms with E-state index in [1.807, 2.05) is 6.92 Å². The maximum Gasteiger partial charge on any atom is 0.194 e. The van der Waals surface area contributed by atoms with Crippen LogP contribution in [0.4, 0.5) is 0 Å². The van der Waals surface area contributed by atoms with Crippen LogP contribution < -0.4 is 5.73 Å². The van der Waals surface area contributed by atoms with Gasteiger partial charge in [-0.2, -0.15) is 0 Å². The summed E-state index contributed by atoms with van der Waals surface area (Å²) in [4.78, 5) is 5.60. The van der Waals surface area contributed by atoms with Crippen molar-refractivity contribution in [2.45, 2.75) is 27.3 Å². The number of aromatic nitrogens is 2. The number of fused-ring (bicyclic) bond motifs is 1. The van der Waals surface area contributed by atoms with Gasteiger partial charge in [-0.1, -0.05) is 23.8 Å². The van der Waals surface area contributed by atoms with E-state index in [0.29, 0.717) is 6.54 Å². The van der Waals surface area contributed by atoms with Crippen LogP contribution in [0.5, 0.6) is 0 Å². The first-order valence-electron chi connectivity index (χ1n) is 6.35. The Morgan fingerprint density at radius 1 is 1.26 bits per heavy atom. The molecule has 3 aromatic rings. The normalized spacial score (nSPS) is 11.4. The van der Waals surface area contributed by atoms with E-state index in [9.17, 15) is 0 Å². The Bertz CT molecular complexity index is 752. The van der Waals surface area contributed by atoms with Gasteiger partial charge in [-0.25, -0.2) is 4.98 Å². The average Bonchev–Trinajstić information content (AvgIpc) is 2.87. The topological polar surface area (TPSA) is 43.3 Å². The zero-order valence-electron chi connectivity index (χ0n) is 11.4. The standard InChI is InChI=1S/C15H17N3S/c1-9-4-5-12(10(2)6-9)14-8-19-15-17-11(3)13(7-16)18(14)15/h4-6,8H,7,16H2,1-3H3. The summed E-state index contributed by atoms with van der Waals surface area (Å²) in [6.45, 7) is 6.81. The van der Waals surface area contributed by atoms with E-state index in [1.54, 1.807) is 11.3 Å². The fourth-order valence-corrected chi connectivity index (χ4v) is 3.50. The van der Waals surface area contributed by atoms with Crippen molar-refractivity contribution in [3.8, 4) is 11.3 Å². The van der Waals surface area contributed by atoms with Gasteiger partial charge in [-0.05, 0) is 26.3 Å². The Hall–Kier alpha value is -1.65. The number of benzene rings is 1. The first-order chi connectivity index (χ1) is 9.11. The number of hydrogen-bond donors (Lipinski definition) is 1. The van der Waals surface area contributed by atoms with Gasteiger partial charge in [0, 0.05) is 17.5 Å². The van der Waals surface area contributed by atoms with E-state index < -0.39 is 0 Å². The molecule has 0 saturated heterocycles. The van der Waals surface area contributed by atoms with E-state index in [-0.39, 0.29) is 0 Å². The van der Waals surface area contributed by atoms with Crippen molar-refractivity contribution < 1.29 is 0 Å². The molecular weight excluding hydrogens is 254 g/mol. The molecule has 3 nitrogen and oxygen atoms in total. The molecule has 98 valence electrons. The highest BCUT2D eigenvalue weighted by molar-refractivity contribution is 7.15. The molecule has 19 heavy (non-hydrogen) atoms. The van der Waals surface area contributed by atoms with Crippen LogP contribution in [0.25, 0.3) is 16.2 Å². The maximum atomic E-state index is 5.87. The van der Waals surface area contributed by atoms with Crippen LogP contribution in [0.15, 0.2) is 23.6 Å². The molecule has 2 heterocycles. The summed E-state index contributed by atoms with van der Waals surface area (Å²) in [5.41, 5.74) is 13.0. The number of nitrogens with zero attached hydrogens (tertiary/aromatic N) is 2. The van der Waals surface area contributed by atoms with Crippen LogP contribution in [0.1, 0.15) is 22.5 Å². The van der Waals surface area contributed by atoms with Crippen LogP contribution in [0.2, 0.25) is 0 Å². The molecule has 2 aromatic heterocycles. The number of imidazole rings is 1. The zero-order chi connectivity index (χ0) is 13.6. The van der Waals surface area contributed by atoms with Gasteiger partial charge in [0.05, 0.1) is 17.1 Å². The van der Waals surface area contributed by atoms with E-state index in [4.69, 9.17) is 5.73 Å². The van der Waals surface area contributed by atoms with Gasteiger partial charge in [-0.3, -0.25) is 4.40 Å².